The standard InChI is InChI=1S/C18H31BrOSi/c1-14(2)13-21(17(3,4)5,18(6,7)8)20-16-12-10-9-11-15(16)19/h9-12,14H,13H2,1-8H3. The summed E-state index contributed by atoms with van der Waals surface area (Å²) in [6.07, 6.45) is 0. The van der Waals surface area contributed by atoms with Crippen LogP contribution in [0.4, 0.5) is 0 Å². The molecule has 1 aromatic rings. The van der Waals surface area contributed by atoms with Gasteiger partial charge in [0, 0.05) is 0 Å². The Bertz CT molecular complexity index is 455. The number of hydrogen-bond acceptors (Lipinski definition) is 1. The molecule has 0 N–H and O–H groups in total. The monoisotopic (exact) mass is 370 g/mol. The van der Waals surface area contributed by atoms with Crippen LogP contribution in [0, 0.1) is 5.92 Å². The summed E-state index contributed by atoms with van der Waals surface area (Å²) in [4.78, 5) is 0. The molecule has 0 aliphatic rings. The maximum Gasteiger partial charge on any atom is 0.262 e. The summed E-state index contributed by atoms with van der Waals surface area (Å²) < 4.78 is 7.92. The second-order valence-electron chi connectivity index (χ2n) is 8.46. The molecule has 1 nitrogen and oxygen atoms in total. The molecular formula is C18H31BrOSi. The largest absolute Gasteiger partial charge is 0.542 e. The van der Waals surface area contributed by atoms with Gasteiger partial charge in [-0.3, -0.25) is 0 Å². The van der Waals surface area contributed by atoms with Crippen molar-refractivity contribution in [3.05, 3.63) is 28.7 Å². The van der Waals surface area contributed by atoms with E-state index in [1.165, 1.54) is 6.04 Å². The lowest BCUT2D eigenvalue weighted by atomic mass is 10.2. The van der Waals surface area contributed by atoms with Gasteiger partial charge < -0.3 is 4.43 Å². The van der Waals surface area contributed by atoms with E-state index >= 15 is 0 Å². The van der Waals surface area contributed by atoms with Crippen molar-refractivity contribution in [2.75, 3.05) is 0 Å². The number of rotatable bonds is 4. The Morgan fingerprint density at radius 1 is 1.00 bits per heavy atom. The molecular weight excluding hydrogens is 340 g/mol. The van der Waals surface area contributed by atoms with Crippen molar-refractivity contribution < 1.29 is 4.43 Å². The Morgan fingerprint density at radius 3 is 1.86 bits per heavy atom. The maximum atomic E-state index is 6.86. The normalized spacial score (nSPS) is 13.6. The number of para-hydroxylation sites is 1. The van der Waals surface area contributed by atoms with Crippen molar-refractivity contribution in [1.29, 1.82) is 0 Å². The average molecular weight is 371 g/mol. The molecule has 0 aromatic heterocycles. The Labute approximate surface area is 140 Å². The molecule has 0 aliphatic heterocycles. The SMILES string of the molecule is CC(C)C[Si](Oc1ccccc1Br)(C(C)(C)C)C(C)(C)C. The zero-order valence-electron chi connectivity index (χ0n) is 14.9. The Hall–Kier alpha value is -0.283. The fourth-order valence-electron chi connectivity index (χ4n) is 3.38. The van der Waals surface area contributed by atoms with Gasteiger partial charge in [0.05, 0.1) is 4.47 Å². The highest BCUT2D eigenvalue weighted by Crippen LogP contribution is 2.55. The first-order valence-corrected chi connectivity index (χ1v) is 10.7. The van der Waals surface area contributed by atoms with Crippen LogP contribution in [0.1, 0.15) is 55.4 Å². The first-order valence-electron chi connectivity index (χ1n) is 7.84. The Balaban J connectivity index is 3.40. The lowest BCUT2D eigenvalue weighted by Crippen LogP contribution is -2.58. The van der Waals surface area contributed by atoms with E-state index < -0.39 is 8.32 Å². The molecule has 0 radical (unpaired) electrons. The van der Waals surface area contributed by atoms with Crippen molar-refractivity contribution >= 4 is 24.2 Å². The van der Waals surface area contributed by atoms with Crippen LogP contribution in [0.2, 0.25) is 16.1 Å². The van der Waals surface area contributed by atoms with E-state index in [-0.39, 0.29) is 10.1 Å². The highest BCUT2D eigenvalue weighted by atomic mass is 79.9. The third kappa shape index (κ3) is 4.13. The summed E-state index contributed by atoms with van der Waals surface area (Å²) in [7, 11) is -2.06. The van der Waals surface area contributed by atoms with E-state index in [9.17, 15) is 0 Å². The van der Waals surface area contributed by atoms with Gasteiger partial charge in [0.15, 0.2) is 0 Å². The number of benzene rings is 1. The maximum absolute atomic E-state index is 6.86. The molecule has 0 bridgehead atoms. The van der Waals surface area contributed by atoms with Crippen LogP contribution in [0.25, 0.3) is 0 Å². The molecule has 21 heavy (non-hydrogen) atoms. The van der Waals surface area contributed by atoms with Crippen LogP contribution in [0.3, 0.4) is 0 Å². The zero-order chi connectivity index (χ0) is 16.5. The van der Waals surface area contributed by atoms with Gasteiger partial charge in [0.25, 0.3) is 8.32 Å². The summed E-state index contributed by atoms with van der Waals surface area (Å²) in [6.45, 7) is 18.7. The zero-order valence-corrected chi connectivity index (χ0v) is 17.5. The first kappa shape index (κ1) is 18.8. The van der Waals surface area contributed by atoms with Crippen molar-refractivity contribution in [2.24, 2.45) is 5.92 Å². The summed E-state index contributed by atoms with van der Waals surface area (Å²) >= 11 is 3.65. The summed E-state index contributed by atoms with van der Waals surface area (Å²) in [5.41, 5.74) is 0. The quantitative estimate of drug-likeness (QED) is 0.516. The predicted octanol–water partition coefficient (Wildman–Crippen LogP) is 7.03. The van der Waals surface area contributed by atoms with Crippen LogP contribution in [-0.2, 0) is 0 Å². The number of halogens is 1. The fourth-order valence-corrected chi connectivity index (χ4v) is 9.76. The van der Waals surface area contributed by atoms with Gasteiger partial charge in [-0.15, -0.1) is 0 Å². The molecule has 0 unspecified atom stereocenters. The third-order valence-corrected chi connectivity index (χ3v) is 11.7. The second-order valence-corrected chi connectivity index (χ2v) is 14.6. The Morgan fingerprint density at radius 2 is 1.48 bits per heavy atom. The third-order valence-electron chi connectivity index (χ3n) is 4.24. The van der Waals surface area contributed by atoms with E-state index in [1.807, 2.05) is 6.07 Å². The van der Waals surface area contributed by atoms with Crippen LogP contribution in [-0.4, -0.2) is 8.32 Å². The van der Waals surface area contributed by atoms with Crippen molar-refractivity contribution in [1.82, 2.24) is 0 Å². The van der Waals surface area contributed by atoms with Crippen molar-refractivity contribution in [3.63, 3.8) is 0 Å². The minimum Gasteiger partial charge on any atom is -0.542 e. The molecule has 0 amide bonds. The molecule has 0 fully saturated rings. The Kier molecular flexibility index (Phi) is 5.77. The molecule has 0 spiro atoms. The van der Waals surface area contributed by atoms with Crippen LogP contribution < -0.4 is 4.43 Å². The van der Waals surface area contributed by atoms with Crippen LogP contribution >= 0.6 is 15.9 Å². The summed E-state index contributed by atoms with van der Waals surface area (Å²) in [5, 5.41) is 0.343. The number of hydrogen-bond donors (Lipinski definition) is 0. The minimum atomic E-state index is -2.06. The minimum absolute atomic E-state index is 0.171. The molecule has 3 heteroatoms. The second kappa shape index (κ2) is 6.45. The highest BCUT2D eigenvalue weighted by Gasteiger charge is 2.57. The van der Waals surface area contributed by atoms with E-state index in [0.29, 0.717) is 5.92 Å². The van der Waals surface area contributed by atoms with Gasteiger partial charge in [-0.05, 0) is 50.1 Å². The van der Waals surface area contributed by atoms with Crippen LogP contribution in [0.5, 0.6) is 5.75 Å². The first-order chi connectivity index (χ1) is 9.41. The predicted molar refractivity (Wildman–Crippen MR) is 99.6 cm³/mol. The van der Waals surface area contributed by atoms with Crippen molar-refractivity contribution in [2.45, 2.75) is 71.5 Å². The summed E-state index contributed by atoms with van der Waals surface area (Å²) in [5.74, 6) is 1.63. The van der Waals surface area contributed by atoms with E-state index in [4.69, 9.17) is 4.43 Å². The van der Waals surface area contributed by atoms with Gasteiger partial charge in [0.2, 0.25) is 0 Å². The fraction of sp³-hybridized carbons (Fsp3) is 0.667. The van der Waals surface area contributed by atoms with Crippen LogP contribution in [0.15, 0.2) is 28.7 Å². The van der Waals surface area contributed by atoms with Gasteiger partial charge in [-0.2, -0.15) is 0 Å². The lowest BCUT2D eigenvalue weighted by Gasteiger charge is -2.51. The van der Waals surface area contributed by atoms with Gasteiger partial charge in [0.1, 0.15) is 5.75 Å². The lowest BCUT2D eigenvalue weighted by molar-refractivity contribution is 0.404. The van der Waals surface area contributed by atoms with Gasteiger partial charge in [-0.1, -0.05) is 67.5 Å². The van der Waals surface area contributed by atoms with Crippen molar-refractivity contribution in [3.8, 4) is 5.75 Å². The molecule has 120 valence electrons. The molecule has 0 saturated heterocycles. The average Bonchev–Trinajstić information content (AvgIpc) is 2.27. The molecule has 0 heterocycles. The van der Waals surface area contributed by atoms with E-state index in [2.05, 4.69) is 89.5 Å². The highest BCUT2D eigenvalue weighted by molar-refractivity contribution is 9.10. The molecule has 0 aliphatic carbocycles. The summed E-state index contributed by atoms with van der Waals surface area (Å²) in [6, 6.07) is 9.41. The van der Waals surface area contributed by atoms with Gasteiger partial charge in [-0.25, -0.2) is 0 Å². The van der Waals surface area contributed by atoms with E-state index in [1.54, 1.807) is 0 Å². The molecule has 1 aromatic carbocycles. The van der Waals surface area contributed by atoms with E-state index in [0.717, 1.165) is 10.2 Å². The topological polar surface area (TPSA) is 9.23 Å². The molecule has 1 rings (SSSR count). The molecule has 0 saturated carbocycles. The smallest absolute Gasteiger partial charge is 0.262 e. The van der Waals surface area contributed by atoms with Gasteiger partial charge >= 0.3 is 0 Å². The molecule has 0 atom stereocenters.